The van der Waals surface area contributed by atoms with E-state index in [0.717, 1.165) is 5.56 Å². The van der Waals surface area contributed by atoms with Crippen molar-refractivity contribution in [2.24, 2.45) is 22.2 Å². The summed E-state index contributed by atoms with van der Waals surface area (Å²) in [5, 5.41) is 25.6. The molecular formula is C21H33N7O6. The topological polar surface area (TPSA) is 235 Å². The molecule has 0 aliphatic carbocycles. The molecule has 0 fully saturated rings. The Labute approximate surface area is 197 Å². The van der Waals surface area contributed by atoms with Crippen LogP contribution in [0.3, 0.4) is 0 Å². The first-order chi connectivity index (χ1) is 16.0. The third kappa shape index (κ3) is 10.7. The number of nitrogens with one attached hydrogen (secondary N) is 3. The molecule has 4 unspecified atom stereocenters. The fourth-order valence-electron chi connectivity index (χ4n) is 2.94. The summed E-state index contributed by atoms with van der Waals surface area (Å²) in [4.78, 5) is 52.3. The number of carbonyl (C=O) groups excluding carboxylic acids is 3. The van der Waals surface area contributed by atoms with E-state index >= 15 is 0 Å². The average molecular weight is 480 g/mol. The molecule has 0 saturated heterocycles. The molecule has 34 heavy (non-hydrogen) atoms. The summed E-state index contributed by atoms with van der Waals surface area (Å²) in [6.07, 6.45) is -0.677. The van der Waals surface area contributed by atoms with E-state index in [4.69, 9.17) is 22.3 Å². The third-order valence-corrected chi connectivity index (χ3v) is 4.69. The number of hydrogen-bond acceptors (Lipinski definition) is 7. The minimum absolute atomic E-state index is 0.107. The van der Waals surface area contributed by atoms with Gasteiger partial charge in [-0.1, -0.05) is 30.3 Å². The van der Waals surface area contributed by atoms with Crippen LogP contribution in [0.4, 0.5) is 0 Å². The van der Waals surface area contributed by atoms with Crippen LogP contribution in [0.15, 0.2) is 35.3 Å². The van der Waals surface area contributed by atoms with E-state index in [-0.39, 0.29) is 25.3 Å². The molecule has 0 spiro atoms. The highest BCUT2D eigenvalue weighted by Crippen LogP contribution is 2.05. The van der Waals surface area contributed by atoms with Crippen LogP contribution < -0.4 is 33.2 Å². The number of rotatable bonds is 14. The van der Waals surface area contributed by atoms with Crippen LogP contribution in [0.5, 0.6) is 0 Å². The number of aliphatic carboxylic acids is 1. The van der Waals surface area contributed by atoms with Crippen molar-refractivity contribution >= 4 is 29.7 Å². The highest BCUT2D eigenvalue weighted by Gasteiger charge is 2.30. The number of hydrogen-bond donors (Lipinski definition) is 8. The monoisotopic (exact) mass is 479 g/mol. The first-order valence-electron chi connectivity index (χ1n) is 10.6. The second-order valence-electron chi connectivity index (χ2n) is 7.64. The zero-order chi connectivity index (χ0) is 25.7. The molecular weight excluding hydrogens is 446 g/mol. The standard InChI is InChI=1S/C21H33N7O6/c1-12(29)17(20(34)26-11-16(30)31)28-19(33)15(8-5-9-25-21(23)24)27-18(32)14(22)10-13-6-3-2-4-7-13/h2-4,6-7,12,14-15,17,29H,5,8-11,22H2,1H3,(H,26,34)(H,27,32)(H,28,33)(H,30,31)(H4,23,24,25). The third-order valence-electron chi connectivity index (χ3n) is 4.69. The second kappa shape index (κ2) is 14.4. The van der Waals surface area contributed by atoms with E-state index in [2.05, 4.69) is 20.9 Å². The molecule has 0 bridgehead atoms. The van der Waals surface area contributed by atoms with Gasteiger partial charge in [-0.25, -0.2) is 0 Å². The van der Waals surface area contributed by atoms with Crippen LogP contribution in [0.25, 0.3) is 0 Å². The number of benzene rings is 1. The van der Waals surface area contributed by atoms with Crippen molar-refractivity contribution < 1.29 is 29.4 Å². The lowest BCUT2D eigenvalue weighted by molar-refractivity contribution is -0.139. The average Bonchev–Trinajstić information content (AvgIpc) is 2.77. The predicted octanol–water partition coefficient (Wildman–Crippen LogP) is -2.84. The number of nitrogens with two attached hydrogens (primary N) is 3. The minimum atomic E-state index is -1.44. The lowest BCUT2D eigenvalue weighted by Gasteiger charge is -2.25. The lowest BCUT2D eigenvalue weighted by Crippen LogP contribution is -2.58. The number of aliphatic imine (C=N–C) groups is 1. The van der Waals surface area contributed by atoms with Crippen LogP contribution in [0, 0.1) is 0 Å². The van der Waals surface area contributed by atoms with Crippen molar-refractivity contribution in [3.05, 3.63) is 35.9 Å². The normalized spacial score (nSPS) is 14.1. The Morgan fingerprint density at radius 2 is 1.68 bits per heavy atom. The number of carbonyl (C=O) groups is 4. The maximum absolute atomic E-state index is 12.9. The fourth-order valence-corrected chi connectivity index (χ4v) is 2.94. The summed E-state index contributed by atoms with van der Waals surface area (Å²) in [5.41, 5.74) is 17.4. The number of nitrogens with zero attached hydrogens (tertiary/aromatic N) is 1. The van der Waals surface area contributed by atoms with E-state index in [1.807, 2.05) is 30.3 Å². The van der Waals surface area contributed by atoms with Gasteiger partial charge in [0.2, 0.25) is 17.7 Å². The van der Waals surface area contributed by atoms with E-state index in [1.54, 1.807) is 0 Å². The van der Waals surface area contributed by atoms with Gasteiger partial charge in [-0.3, -0.25) is 24.2 Å². The van der Waals surface area contributed by atoms with Crippen molar-refractivity contribution in [3.8, 4) is 0 Å². The molecule has 188 valence electrons. The summed E-state index contributed by atoms with van der Waals surface area (Å²) in [7, 11) is 0. The number of carboxylic acid groups (broad SMARTS) is 1. The molecule has 0 heterocycles. The minimum Gasteiger partial charge on any atom is -0.480 e. The predicted molar refractivity (Wildman–Crippen MR) is 124 cm³/mol. The van der Waals surface area contributed by atoms with Gasteiger partial charge in [0.05, 0.1) is 12.1 Å². The number of amides is 3. The van der Waals surface area contributed by atoms with Gasteiger partial charge >= 0.3 is 5.97 Å². The van der Waals surface area contributed by atoms with Crippen LogP contribution in [-0.2, 0) is 25.6 Å². The Hall–Kier alpha value is -3.71. The molecule has 3 amide bonds. The number of aliphatic hydroxyl groups excluding tert-OH is 1. The highest BCUT2D eigenvalue weighted by molar-refractivity contribution is 5.94. The molecule has 0 aromatic heterocycles. The lowest BCUT2D eigenvalue weighted by atomic mass is 10.0. The van der Waals surface area contributed by atoms with Crippen LogP contribution in [-0.4, -0.2) is 77.2 Å². The quantitative estimate of drug-likeness (QED) is 0.0778. The summed E-state index contributed by atoms with van der Waals surface area (Å²) in [5.74, 6) is -3.66. The van der Waals surface area contributed by atoms with Crippen molar-refractivity contribution in [2.45, 2.75) is 50.4 Å². The zero-order valence-electron chi connectivity index (χ0n) is 18.9. The fraction of sp³-hybridized carbons (Fsp3) is 0.476. The van der Waals surface area contributed by atoms with Crippen molar-refractivity contribution in [1.82, 2.24) is 16.0 Å². The molecule has 0 radical (unpaired) electrons. The Morgan fingerprint density at radius 3 is 2.24 bits per heavy atom. The summed E-state index contributed by atoms with van der Waals surface area (Å²) in [6, 6.07) is 5.58. The maximum atomic E-state index is 12.9. The largest absolute Gasteiger partial charge is 0.480 e. The van der Waals surface area contributed by atoms with Gasteiger partial charge in [0.25, 0.3) is 0 Å². The molecule has 11 N–H and O–H groups in total. The van der Waals surface area contributed by atoms with E-state index < -0.39 is 54.5 Å². The van der Waals surface area contributed by atoms with Gasteiger partial charge in [0, 0.05) is 6.54 Å². The maximum Gasteiger partial charge on any atom is 0.322 e. The molecule has 0 aliphatic heterocycles. The van der Waals surface area contributed by atoms with E-state index in [1.165, 1.54) is 6.92 Å². The second-order valence-corrected chi connectivity index (χ2v) is 7.64. The van der Waals surface area contributed by atoms with Crippen LogP contribution in [0.2, 0.25) is 0 Å². The number of carboxylic acids is 1. The van der Waals surface area contributed by atoms with Gasteiger partial charge in [-0.2, -0.15) is 0 Å². The Bertz CT molecular complexity index is 858. The van der Waals surface area contributed by atoms with E-state index in [0.29, 0.717) is 6.42 Å². The molecule has 1 aromatic carbocycles. The summed E-state index contributed by atoms with van der Waals surface area (Å²) < 4.78 is 0. The first-order valence-corrected chi connectivity index (χ1v) is 10.6. The molecule has 1 aromatic rings. The molecule has 0 saturated carbocycles. The summed E-state index contributed by atoms with van der Waals surface area (Å²) in [6.45, 7) is 0.759. The SMILES string of the molecule is CC(O)C(NC(=O)C(CCCN=C(N)N)NC(=O)C(N)Cc1ccccc1)C(=O)NCC(=O)O. The molecule has 4 atom stereocenters. The van der Waals surface area contributed by atoms with Gasteiger partial charge in [-0.15, -0.1) is 0 Å². The molecule has 1 rings (SSSR count). The van der Waals surface area contributed by atoms with Crippen LogP contribution in [0.1, 0.15) is 25.3 Å². The Kier molecular flexibility index (Phi) is 12.0. The van der Waals surface area contributed by atoms with Crippen molar-refractivity contribution in [1.29, 1.82) is 0 Å². The smallest absolute Gasteiger partial charge is 0.322 e. The molecule has 13 heteroatoms. The van der Waals surface area contributed by atoms with Gasteiger partial charge < -0.3 is 43.4 Å². The van der Waals surface area contributed by atoms with Gasteiger partial charge in [-0.05, 0) is 31.7 Å². The van der Waals surface area contributed by atoms with Crippen LogP contribution >= 0.6 is 0 Å². The number of aliphatic hydroxyl groups is 1. The molecule has 13 nitrogen and oxygen atoms in total. The Morgan fingerprint density at radius 1 is 1.03 bits per heavy atom. The summed E-state index contributed by atoms with van der Waals surface area (Å²) >= 11 is 0. The van der Waals surface area contributed by atoms with Gasteiger partial charge in [0.15, 0.2) is 5.96 Å². The van der Waals surface area contributed by atoms with E-state index in [9.17, 15) is 24.3 Å². The Balaban J connectivity index is 2.89. The molecule has 0 aliphatic rings. The highest BCUT2D eigenvalue weighted by atomic mass is 16.4. The zero-order valence-corrected chi connectivity index (χ0v) is 18.9. The van der Waals surface area contributed by atoms with Crippen molar-refractivity contribution in [3.63, 3.8) is 0 Å². The van der Waals surface area contributed by atoms with Crippen molar-refractivity contribution in [2.75, 3.05) is 13.1 Å². The first kappa shape index (κ1) is 28.3. The number of guanidine groups is 1. The van der Waals surface area contributed by atoms with Gasteiger partial charge in [0.1, 0.15) is 18.6 Å².